The van der Waals surface area contributed by atoms with Gasteiger partial charge in [-0.05, 0) is 39.2 Å². The summed E-state index contributed by atoms with van der Waals surface area (Å²) in [4.78, 5) is 25.2. The van der Waals surface area contributed by atoms with Crippen LogP contribution in [0.4, 0.5) is 4.79 Å². The van der Waals surface area contributed by atoms with E-state index in [0.29, 0.717) is 19.4 Å². The zero-order valence-corrected chi connectivity index (χ0v) is 14.4. The van der Waals surface area contributed by atoms with Crippen molar-refractivity contribution in [3.05, 3.63) is 35.9 Å². The Kier molecular flexibility index (Phi) is 5.83. The highest BCUT2D eigenvalue weighted by Gasteiger charge is 2.43. The zero-order valence-electron chi connectivity index (χ0n) is 14.4. The van der Waals surface area contributed by atoms with Crippen molar-refractivity contribution >= 4 is 12.1 Å². The molecule has 0 radical (unpaired) electrons. The molecule has 1 heterocycles. The predicted molar refractivity (Wildman–Crippen MR) is 88.6 cm³/mol. The van der Waals surface area contributed by atoms with Crippen LogP contribution < -0.4 is 0 Å². The molecule has 1 amide bonds. The van der Waals surface area contributed by atoms with Crippen LogP contribution in [-0.4, -0.2) is 46.4 Å². The van der Waals surface area contributed by atoms with E-state index in [9.17, 15) is 14.7 Å². The van der Waals surface area contributed by atoms with Crippen molar-refractivity contribution in [2.75, 3.05) is 6.61 Å². The molecule has 0 saturated carbocycles. The largest absolute Gasteiger partial charge is 0.480 e. The van der Waals surface area contributed by atoms with Crippen LogP contribution in [0.15, 0.2) is 30.3 Å². The number of ether oxygens (including phenoxy) is 2. The minimum atomic E-state index is -1.01. The summed E-state index contributed by atoms with van der Waals surface area (Å²) in [5.74, 6) is -1.01. The predicted octanol–water partition coefficient (Wildman–Crippen LogP) is 3.06. The lowest BCUT2D eigenvalue weighted by Crippen LogP contribution is -2.48. The quantitative estimate of drug-likeness (QED) is 0.895. The van der Waals surface area contributed by atoms with Crippen molar-refractivity contribution in [1.82, 2.24) is 4.90 Å². The Morgan fingerprint density at radius 1 is 1.21 bits per heavy atom. The van der Waals surface area contributed by atoms with Crippen LogP contribution in [0.1, 0.15) is 39.2 Å². The SMILES string of the molecule is CC(C)(C)OC(=O)N1C(C(=O)O)CC[C@H]1COCc1ccccc1. The molecule has 1 saturated heterocycles. The van der Waals surface area contributed by atoms with E-state index in [0.717, 1.165) is 5.56 Å². The van der Waals surface area contributed by atoms with E-state index in [1.54, 1.807) is 20.8 Å². The van der Waals surface area contributed by atoms with Crippen LogP contribution in [0.2, 0.25) is 0 Å². The van der Waals surface area contributed by atoms with Gasteiger partial charge in [0.05, 0.1) is 19.3 Å². The van der Waals surface area contributed by atoms with Crippen molar-refractivity contribution in [1.29, 1.82) is 0 Å². The Labute approximate surface area is 142 Å². The number of nitrogens with zero attached hydrogens (tertiary/aromatic N) is 1. The van der Waals surface area contributed by atoms with Crippen molar-refractivity contribution in [3.63, 3.8) is 0 Å². The van der Waals surface area contributed by atoms with Crippen LogP contribution in [0.5, 0.6) is 0 Å². The molecule has 1 aliphatic rings. The van der Waals surface area contributed by atoms with Gasteiger partial charge in [-0.2, -0.15) is 0 Å². The summed E-state index contributed by atoms with van der Waals surface area (Å²) in [5, 5.41) is 9.36. The number of carbonyl (C=O) groups is 2. The summed E-state index contributed by atoms with van der Waals surface area (Å²) in [6.07, 6.45) is 0.402. The van der Waals surface area contributed by atoms with Gasteiger partial charge in [0.25, 0.3) is 0 Å². The van der Waals surface area contributed by atoms with Crippen molar-refractivity contribution in [2.24, 2.45) is 0 Å². The molecule has 2 rings (SSSR count). The maximum Gasteiger partial charge on any atom is 0.411 e. The lowest BCUT2D eigenvalue weighted by molar-refractivity contribution is -0.142. The second-order valence-corrected chi connectivity index (χ2v) is 6.97. The van der Waals surface area contributed by atoms with E-state index in [1.807, 2.05) is 30.3 Å². The molecule has 1 unspecified atom stereocenters. The lowest BCUT2D eigenvalue weighted by atomic mass is 10.2. The first kappa shape index (κ1) is 18.3. The van der Waals surface area contributed by atoms with E-state index >= 15 is 0 Å². The third-order valence-electron chi connectivity index (χ3n) is 3.81. The topological polar surface area (TPSA) is 76.1 Å². The van der Waals surface area contributed by atoms with Gasteiger partial charge in [0.2, 0.25) is 0 Å². The molecule has 1 N–H and O–H groups in total. The number of aliphatic carboxylic acids is 1. The first-order valence-electron chi connectivity index (χ1n) is 8.14. The molecule has 1 aromatic carbocycles. The van der Waals surface area contributed by atoms with Gasteiger partial charge in [-0.25, -0.2) is 9.59 Å². The zero-order chi connectivity index (χ0) is 17.7. The average Bonchev–Trinajstić information content (AvgIpc) is 2.91. The van der Waals surface area contributed by atoms with Gasteiger partial charge in [0.15, 0.2) is 0 Å². The third-order valence-corrected chi connectivity index (χ3v) is 3.81. The highest BCUT2D eigenvalue weighted by molar-refractivity contribution is 5.81. The van der Waals surface area contributed by atoms with Gasteiger partial charge in [-0.15, -0.1) is 0 Å². The van der Waals surface area contributed by atoms with E-state index in [2.05, 4.69) is 0 Å². The first-order chi connectivity index (χ1) is 11.3. The van der Waals surface area contributed by atoms with Gasteiger partial charge < -0.3 is 14.6 Å². The van der Waals surface area contributed by atoms with Crippen molar-refractivity contribution in [3.8, 4) is 0 Å². The Bertz CT molecular complexity index is 567. The van der Waals surface area contributed by atoms with Gasteiger partial charge >= 0.3 is 12.1 Å². The minimum Gasteiger partial charge on any atom is -0.480 e. The number of likely N-dealkylation sites (tertiary alicyclic amines) is 1. The van der Waals surface area contributed by atoms with Crippen LogP contribution in [0, 0.1) is 0 Å². The van der Waals surface area contributed by atoms with E-state index in [-0.39, 0.29) is 12.6 Å². The van der Waals surface area contributed by atoms with Crippen LogP contribution in [-0.2, 0) is 20.9 Å². The molecule has 1 aromatic rings. The molecule has 0 aliphatic carbocycles. The molecule has 1 fully saturated rings. The number of hydrogen-bond acceptors (Lipinski definition) is 4. The standard InChI is InChI=1S/C18H25NO5/c1-18(2,3)24-17(22)19-14(9-10-15(19)16(20)21)12-23-11-13-7-5-4-6-8-13/h4-8,14-15H,9-12H2,1-3H3,(H,20,21)/t14-,15?/m0/s1. The maximum atomic E-state index is 12.4. The molecule has 132 valence electrons. The van der Waals surface area contributed by atoms with Gasteiger partial charge in [0.1, 0.15) is 11.6 Å². The molecule has 24 heavy (non-hydrogen) atoms. The highest BCUT2D eigenvalue weighted by Crippen LogP contribution is 2.27. The number of carboxylic acid groups (broad SMARTS) is 1. The molecule has 6 nitrogen and oxygen atoms in total. The molecule has 0 bridgehead atoms. The molecule has 1 aliphatic heterocycles. The monoisotopic (exact) mass is 335 g/mol. The number of carboxylic acids is 1. The Balaban J connectivity index is 1.98. The summed E-state index contributed by atoms with van der Waals surface area (Å²) in [6.45, 7) is 6.00. The third kappa shape index (κ3) is 4.96. The molecular formula is C18H25NO5. The molecule has 0 aromatic heterocycles. The number of amides is 1. The number of benzene rings is 1. The van der Waals surface area contributed by atoms with Gasteiger partial charge in [-0.3, -0.25) is 4.90 Å². The van der Waals surface area contributed by atoms with E-state index in [1.165, 1.54) is 4.90 Å². The molecular weight excluding hydrogens is 310 g/mol. The highest BCUT2D eigenvalue weighted by atomic mass is 16.6. The number of hydrogen-bond donors (Lipinski definition) is 1. The average molecular weight is 335 g/mol. The van der Waals surface area contributed by atoms with Crippen LogP contribution in [0.3, 0.4) is 0 Å². The fraction of sp³-hybridized carbons (Fsp3) is 0.556. The summed E-state index contributed by atoms with van der Waals surface area (Å²) in [5.41, 5.74) is 0.368. The van der Waals surface area contributed by atoms with Crippen LogP contribution >= 0.6 is 0 Å². The second kappa shape index (κ2) is 7.66. The Hall–Kier alpha value is -2.08. The van der Waals surface area contributed by atoms with E-state index < -0.39 is 23.7 Å². The summed E-state index contributed by atoms with van der Waals surface area (Å²) < 4.78 is 11.1. The molecule has 2 atom stereocenters. The lowest BCUT2D eigenvalue weighted by Gasteiger charge is -2.31. The van der Waals surface area contributed by atoms with Gasteiger partial charge in [0, 0.05) is 0 Å². The smallest absolute Gasteiger partial charge is 0.411 e. The fourth-order valence-corrected chi connectivity index (χ4v) is 2.77. The van der Waals surface area contributed by atoms with E-state index in [4.69, 9.17) is 9.47 Å². The van der Waals surface area contributed by atoms with Crippen LogP contribution in [0.25, 0.3) is 0 Å². The Morgan fingerprint density at radius 3 is 2.46 bits per heavy atom. The van der Waals surface area contributed by atoms with Crippen molar-refractivity contribution in [2.45, 2.75) is 57.9 Å². The first-order valence-corrected chi connectivity index (χ1v) is 8.14. The fourth-order valence-electron chi connectivity index (χ4n) is 2.77. The second-order valence-electron chi connectivity index (χ2n) is 6.97. The molecule has 6 heteroatoms. The maximum absolute atomic E-state index is 12.4. The summed E-state index contributed by atoms with van der Waals surface area (Å²) >= 11 is 0. The van der Waals surface area contributed by atoms with Gasteiger partial charge in [-0.1, -0.05) is 30.3 Å². The summed E-state index contributed by atoms with van der Waals surface area (Å²) in [7, 11) is 0. The number of rotatable bonds is 5. The number of carbonyl (C=O) groups excluding carboxylic acids is 1. The minimum absolute atomic E-state index is 0.287. The summed E-state index contributed by atoms with van der Waals surface area (Å²) in [6, 6.07) is 8.57. The Morgan fingerprint density at radius 2 is 1.88 bits per heavy atom. The molecule has 0 spiro atoms. The normalized spacial score (nSPS) is 20.9. The van der Waals surface area contributed by atoms with Crippen molar-refractivity contribution < 1.29 is 24.2 Å².